The molecule has 1 aromatic heterocycles. The Morgan fingerprint density at radius 1 is 1.29 bits per heavy atom. The Labute approximate surface area is 103 Å². The van der Waals surface area contributed by atoms with Crippen LogP contribution in [0.2, 0.25) is 0 Å². The topological polar surface area (TPSA) is 53.1 Å². The number of nitrogens with one attached hydrogen (secondary N) is 2. The van der Waals surface area contributed by atoms with Gasteiger partial charge in [0.05, 0.1) is 0 Å². The van der Waals surface area contributed by atoms with Gasteiger partial charge >= 0.3 is 0 Å². The maximum absolute atomic E-state index is 4.21. The van der Waals surface area contributed by atoms with Gasteiger partial charge in [-0.05, 0) is 39.9 Å². The molecule has 17 heavy (non-hydrogen) atoms. The van der Waals surface area contributed by atoms with Gasteiger partial charge in [-0.3, -0.25) is 0 Å². The quantitative estimate of drug-likeness (QED) is 0.700. The zero-order chi connectivity index (χ0) is 12.1. The molecule has 2 rings (SSSR count). The molecule has 0 aliphatic heterocycles. The maximum atomic E-state index is 4.21. The smallest absolute Gasteiger partial charge is 0.131 e. The lowest BCUT2D eigenvalue weighted by Gasteiger charge is -2.10. The molecule has 1 heterocycles. The second-order valence-electron chi connectivity index (χ2n) is 4.79. The molecular weight excluding hydrogens is 214 g/mol. The summed E-state index contributed by atoms with van der Waals surface area (Å²) in [4.78, 5) is 10.6. The van der Waals surface area contributed by atoms with Gasteiger partial charge in [0.25, 0.3) is 0 Å². The third-order valence-electron chi connectivity index (χ3n) is 2.68. The van der Waals surface area contributed by atoms with Crippen LogP contribution in [0.1, 0.15) is 19.3 Å². The lowest BCUT2D eigenvalue weighted by molar-refractivity contribution is 0.405. The van der Waals surface area contributed by atoms with E-state index in [0.717, 1.165) is 31.1 Å². The molecule has 0 aromatic carbocycles. The number of nitrogens with zero attached hydrogens (tertiary/aromatic N) is 3. The number of hydrogen-bond acceptors (Lipinski definition) is 5. The number of aromatic nitrogens is 2. The molecule has 0 radical (unpaired) electrons. The zero-order valence-corrected chi connectivity index (χ0v) is 10.6. The van der Waals surface area contributed by atoms with Crippen molar-refractivity contribution in [1.82, 2.24) is 14.9 Å². The van der Waals surface area contributed by atoms with Crippen LogP contribution >= 0.6 is 0 Å². The lowest BCUT2D eigenvalue weighted by Crippen LogP contribution is -2.16. The molecule has 0 spiro atoms. The molecule has 1 aliphatic rings. The average Bonchev–Trinajstić information content (AvgIpc) is 3.09. The highest BCUT2D eigenvalue weighted by Crippen LogP contribution is 2.23. The van der Waals surface area contributed by atoms with Crippen molar-refractivity contribution in [3.05, 3.63) is 12.4 Å². The molecule has 5 nitrogen and oxygen atoms in total. The first-order valence-corrected chi connectivity index (χ1v) is 6.21. The fraction of sp³-hybridized carbons (Fsp3) is 0.667. The van der Waals surface area contributed by atoms with Crippen LogP contribution in [-0.4, -0.2) is 48.1 Å². The van der Waals surface area contributed by atoms with E-state index < -0.39 is 0 Å². The highest BCUT2D eigenvalue weighted by atomic mass is 15.1. The summed E-state index contributed by atoms with van der Waals surface area (Å²) in [5.41, 5.74) is 0. The number of hydrogen-bond donors (Lipinski definition) is 2. The van der Waals surface area contributed by atoms with Crippen molar-refractivity contribution in [3.63, 3.8) is 0 Å². The van der Waals surface area contributed by atoms with Gasteiger partial charge in [-0.1, -0.05) is 0 Å². The monoisotopic (exact) mass is 235 g/mol. The van der Waals surface area contributed by atoms with Gasteiger partial charge < -0.3 is 15.5 Å². The van der Waals surface area contributed by atoms with E-state index >= 15 is 0 Å². The normalized spacial score (nSPS) is 15.0. The molecule has 0 atom stereocenters. The lowest BCUT2D eigenvalue weighted by atomic mass is 10.4. The summed E-state index contributed by atoms with van der Waals surface area (Å²) >= 11 is 0. The number of anilines is 2. The van der Waals surface area contributed by atoms with E-state index in [0.29, 0.717) is 6.04 Å². The fourth-order valence-corrected chi connectivity index (χ4v) is 1.58. The highest BCUT2D eigenvalue weighted by Gasteiger charge is 2.21. The van der Waals surface area contributed by atoms with Crippen LogP contribution in [0.15, 0.2) is 12.4 Å². The molecular formula is C12H21N5. The van der Waals surface area contributed by atoms with E-state index in [9.17, 15) is 0 Å². The Bertz CT molecular complexity index is 349. The van der Waals surface area contributed by atoms with Crippen molar-refractivity contribution in [2.75, 3.05) is 37.8 Å². The highest BCUT2D eigenvalue weighted by molar-refractivity contribution is 5.47. The molecule has 5 heteroatoms. The zero-order valence-electron chi connectivity index (χ0n) is 10.6. The van der Waals surface area contributed by atoms with Crippen molar-refractivity contribution < 1.29 is 0 Å². The van der Waals surface area contributed by atoms with Gasteiger partial charge in [0.1, 0.15) is 18.0 Å². The summed E-state index contributed by atoms with van der Waals surface area (Å²) in [7, 11) is 4.17. The van der Waals surface area contributed by atoms with Gasteiger partial charge in [-0.2, -0.15) is 0 Å². The standard InChI is InChI=1S/C12H21N5/c1-17(2)7-3-6-13-11-8-12(15-9-14-11)16-10-4-5-10/h8-10H,3-7H2,1-2H3,(H2,13,14,15,16). The Balaban J connectivity index is 1.75. The molecule has 94 valence electrons. The van der Waals surface area contributed by atoms with Crippen LogP contribution in [0.5, 0.6) is 0 Å². The van der Waals surface area contributed by atoms with Crippen molar-refractivity contribution in [3.8, 4) is 0 Å². The second kappa shape index (κ2) is 5.82. The molecule has 1 aliphatic carbocycles. The third-order valence-corrected chi connectivity index (χ3v) is 2.68. The Kier molecular flexibility index (Phi) is 4.14. The molecule has 0 unspecified atom stereocenters. The van der Waals surface area contributed by atoms with Crippen molar-refractivity contribution in [2.45, 2.75) is 25.3 Å². The fourth-order valence-electron chi connectivity index (χ4n) is 1.58. The molecule has 0 bridgehead atoms. The molecule has 1 aromatic rings. The van der Waals surface area contributed by atoms with E-state index in [2.05, 4.69) is 39.6 Å². The molecule has 0 saturated heterocycles. The van der Waals surface area contributed by atoms with Crippen LogP contribution in [0.25, 0.3) is 0 Å². The van der Waals surface area contributed by atoms with Gasteiger partial charge in [-0.25, -0.2) is 9.97 Å². The molecule has 2 N–H and O–H groups in total. The Hall–Kier alpha value is -1.36. The second-order valence-corrected chi connectivity index (χ2v) is 4.79. The minimum absolute atomic E-state index is 0.631. The molecule has 1 fully saturated rings. The van der Waals surface area contributed by atoms with Crippen molar-refractivity contribution in [2.24, 2.45) is 0 Å². The average molecular weight is 235 g/mol. The van der Waals surface area contributed by atoms with E-state index in [1.807, 2.05) is 6.07 Å². The van der Waals surface area contributed by atoms with Crippen molar-refractivity contribution in [1.29, 1.82) is 0 Å². The van der Waals surface area contributed by atoms with Crippen LogP contribution in [0, 0.1) is 0 Å². The first-order valence-electron chi connectivity index (χ1n) is 6.21. The van der Waals surface area contributed by atoms with Gasteiger partial charge in [-0.15, -0.1) is 0 Å². The van der Waals surface area contributed by atoms with Gasteiger partial charge in [0.2, 0.25) is 0 Å². The first-order chi connectivity index (χ1) is 8.24. The predicted molar refractivity (Wildman–Crippen MR) is 70.3 cm³/mol. The summed E-state index contributed by atoms with van der Waals surface area (Å²) in [6.07, 6.45) is 5.24. The van der Waals surface area contributed by atoms with E-state index in [1.165, 1.54) is 12.8 Å². The van der Waals surface area contributed by atoms with Crippen LogP contribution in [0.3, 0.4) is 0 Å². The minimum atomic E-state index is 0.631. The summed E-state index contributed by atoms with van der Waals surface area (Å²) in [6, 6.07) is 2.61. The number of rotatable bonds is 7. The summed E-state index contributed by atoms with van der Waals surface area (Å²) in [5.74, 6) is 1.83. The van der Waals surface area contributed by atoms with Crippen LogP contribution < -0.4 is 10.6 Å². The van der Waals surface area contributed by atoms with E-state index in [-0.39, 0.29) is 0 Å². The SMILES string of the molecule is CN(C)CCCNc1cc(NC2CC2)ncn1. The van der Waals surface area contributed by atoms with Gasteiger partial charge in [0, 0.05) is 18.7 Å². The first kappa shape index (κ1) is 12.1. The Morgan fingerprint density at radius 3 is 2.76 bits per heavy atom. The van der Waals surface area contributed by atoms with E-state index in [1.54, 1.807) is 6.33 Å². The maximum Gasteiger partial charge on any atom is 0.131 e. The predicted octanol–water partition coefficient (Wildman–Crippen LogP) is 1.41. The summed E-state index contributed by atoms with van der Waals surface area (Å²) in [6.45, 7) is 2.03. The summed E-state index contributed by atoms with van der Waals surface area (Å²) < 4.78 is 0. The minimum Gasteiger partial charge on any atom is -0.370 e. The van der Waals surface area contributed by atoms with Gasteiger partial charge in [0.15, 0.2) is 0 Å². The van der Waals surface area contributed by atoms with Crippen LogP contribution in [-0.2, 0) is 0 Å². The largest absolute Gasteiger partial charge is 0.370 e. The van der Waals surface area contributed by atoms with E-state index in [4.69, 9.17) is 0 Å². The van der Waals surface area contributed by atoms with Crippen molar-refractivity contribution >= 4 is 11.6 Å². The molecule has 1 saturated carbocycles. The van der Waals surface area contributed by atoms with Crippen LogP contribution in [0.4, 0.5) is 11.6 Å². The molecule has 0 amide bonds. The summed E-state index contributed by atoms with van der Waals surface area (Å²) in [5, 5.41) is 6.68. The third kappa shape index (κ3) is 4.56. The Morgan fingerprint density at radius 2 is 2.06 bits per heavy atom.